The molecule has 1 aromatic carbocycles. The van der Waals surface area contributed by atoms with E-state index in [0.29, 0.717) is 12.2 Å². The largest absolute Gasteiger partial charge is 0.493 e. The van der Waals surface area contributed by atoms with Crippen LogP contribution >= 0.6 is 11.8 Å². The Hall–Kier alpha value is -2.87. The molecule has 2 atom stereocenters. The fourth-order valence-corrected chi connectivity index (χ4v) is 4.26. The lowest BCUT2D eigenvalue weighted by Crippen LogP contribution is -2.35. The number of aromatic nitrogens is 1. The lowest BCUT2D eigenvalue weighted by atomic mass is 9.99. The van der Waals surface area contributed by atoms with Gasteiger partial charge < -0.3 is 9.47 Å². The summed E-state index contributed by atoms with van der Waals surface area (Å²) in [6, 6.07) is 11.3. The topological polar surface area (TPSA) is 94.6 Å². The fourth-order valence-electron chi connectivity index (χ4n) is 3.33. The first kappa shape index (κ1) is 22.8. The Morgan fingerprint density at radius 1 is 1.16 bits per heavy atom. The van der Waals surface area contributed by atoms with E-state index in [-0.39, 0.29) is 36.1 Å². The predicted octanol–water partition coefficient (Wildman–Crippen LogP) is 3.65. The number of aryl methyl sites for hydroxylation is 1. The van der Waals surface area contributed by atoms with Crippen molar-refractivity contribution in [3.63, 3.8) is 0 Å². The van der Waals surface area contributed by atoms with Crippen molar-refractivity contribution in [2.75, 3.05) is 13.7 Å². The third-order valence-corrected chi connectivity index (χ3v) is 6.31. The Kier molecular flexibility index (Phi) is 7.33. The van der Waals surface area contributed by atoms with Gasteiger partial charge in [0.05, 0.1) is 20.1 Å². The lowest BCUT2D eigenvalue weighted by Gasteiger charge is -2.19. The monoisotopic (exact) mass is 442 g/mol. The molecule has 2 aromatic rings. The van der Waals surface area contributed by atoms with Crippen molar-refractivity contribution in [3.8, 4) is 5.75 Å². The van der Waals surface area contributed by atoms with E-state index in [1.807, 2.05) is 42.6 Å². The van der Waals surface area contributed by atoms with Crippen molar-refractivity contribution in [2.45, 2.75) is 43.8 Å². The van der Waals surface area contributed by atoms with Crippen LogP contribution < -0.4 is 10.1 Å². The second-order valence-corrected chi connectivity index (χ2v) is 9.10. The van der Waals surface area contributed by atoms with Crippen molar-refractivity contribution in [2.24, 2.45) is 0 Å². The normalized spacial score (nSPS) is 19.1. The average molecular weight is 443 g/mol. The number of nitrogens with zero attached hydrogens (tertiary/aromatic N) is 1. The Balaban J connectivity index is 1.64. The molecular weight excluding hydrogens is 416 g/mol. The minimum atomic E-state index is -0.804. The van der Waals surface area contributed by atoms with Crippen molar-refractivity contribution in [3.05, 3.63) is 59.4 Å². The molecular formula is C23H26N2O5S. The minimum absolute atomic E-state index is 0.172. The SMILES string of the molecule is CCc1ccc([C@@H](COc2ccc(CC3(C)SC(=O)NC3=O)cc2)CC(=O)OC)nc1. The quantitative estimate of drug-likeness (QED) is 0.592. The molecule has 1 aromatic heterocycles. The van der Waals surface area contributed by atoms with Crippen molar-refractivity contribution < 1.29 is 23.9 Å². The van der Waals surface area contributed by atoms with Gasteiger partial charge in [-0.2, -0.15) is 0 Å². The highest BCUT2D eigenvalue weighted by Gasteiger charge is 2.43. The summed E-state index contributed by atoms with van der Waals surface area (Å²) < 4.78 is 9.95. The molecule has 1 N–H and O–H groups in total. The van der Waals surface area contributed by atoms with Crippen LogP contribution in [0, 0.1) is 0 Å². The van der Waals surface area contributed by atoms with Crippen LogP contribution in [-0.2, 0) is 27.2 Å². The van der Waals surface area contributed by atoms with Gasteiger partial charge in [-0.1, -0.05) is 25.1 Å². The molecule has 3 rings (SSSR count). The van der Waals surface area contributed by atoms with Crippen LogP contribution in [0.15, 0.2) is 42.6 Å². The molecule has 8 heteroatoms. The van der Waals surface area contributed by atoms with Crippen LogP contribution in [0.2, 0.25) is 0 Å². The number of imide groups is 1. The molecule has 1 aliphatic rings. The number of thioether (sulfide) groups is 1. The Morgan fingerprint density at radius 2 is 1.87 bits per heavy atom. The van der Waals surface area contributed by atoms with E-state index in [2.05, 4.69) is 17.2 Å². The molecule has 1 unspecified atom stereocenters. The number of pyridine rings is 1. The zero-order valence-corrected chi connectivity index (χ0v) is 18.7. The second kappa shape index (κ2) is 9.96. The van der Waals surface area contributed by atoms with Crippen LogP contribution in [0.3, 0.4) is 0 Å². The number of carbonyl (C=O) groups is 3. The van der Waals surface area contributed by atoms with Gasteiger partial charge >= 0.3 is 5.97 Å². The highest BCUT2D eigenvalue weighted by atomic mass is 32.2. The maximum atomic E-state index is 12.0. The van der Waals surface area contributed by atoms with Gasteiger partial charge in [0.25, 0.3) is 5.24 Å². The number of rotatable bonds is 9. The van der Waals surface area contributed by atoms with E-state index in [1.165, 1.54) is 7.11 Å². The summed E-state index contributed by atoms with van der Waals surface area (Å²) in [5, 5.41) is 2.02. The van der Waals surface area contributed by atoms with Crippen molar-refractivity contribution in [1.82, 2.24) is 10.3 Å². The Morgan fingerprint density at radius 3 is 2.42 bits per heavy atom. The molecule has 31 heavy (non-hydrogen) atoms. The number of carbonyl (C=O) groups excluding carboxylic acids is 3. The first-order valence-electron chi connectivity index (χ1n) is 10.1. The smallest absolute Gasteiger partial charge is 0.306 e. The van der Waals surface area contributed by atoms with Crippen LogP contribution in [0.4, 0.5) is 4.79 Å². The number of hydrogen-bond acceptors (Lipinski definition) is 7. The van der Waals surface area contributed by atoms with Crippen molar-refractivity contribution >= 4 is 28.9 Å². The van der Waals surface area contributed by atoms with Crippen LogP contribution in [0.1, 0.15) is 43.0 Å². The summed E-state index contributed by atoms with van der Waals surface area (Å²) in [7, 11) is 1.36. The van der Waals surface area contributed by atoms with E-state index in [1.54, 1.807) is 6.92 Å². The van der Waals surface area contributed by atoms with Crippen molar-refractivity contribution in [1.29, 1.82) is 0 Å². The van der Waals surface area contributed by atoms with E-state index < -0.39 is 4.75 Å². The maximum Gasteiger partial charge on any atom is 0.306 e. The summed E-state index contributed by atoms with van der Waals surface area (Å²) in [4.78, 5) is 39.8. The highest BCUT2D eigenvalue weighted by molar-refractivity contribution is 8.16. The zero-order valence-electron chi connectivity index (χ0n) is 17.8. The highest BCUT2D eigenvalue weighted by Crippen LogP contribution is 2.35. The molecule has 2 amide bonds. The first-order chi connectivity index (χ1) is 14.8. The molecule has 0 bridgehead atoms. The third-order valence-electron chi connectivity index (χ3n) is 5.24. The van der Waals surface area contributed by atoms with Gasteiger partial charge in [0, 0.05) is 17.8 Å². The summed E-state index contributed by atoms with van der Waals surface area (Å²) in [5.74, 6) is -0.175. The van der Waals surface area contributed by atoms with Gasteiger partial charge in [-0.3, -0.25) is 24.7 Å². The van der Waals surface area contributed by atoms with Gasteiger partial charge in [-0.15, -0.1) is 0 Å². The molecule has 1 saturated heterocycles. The maximum absolute atomic E-state index is 12.0. The molecule has 2 heterocycles. The molecule has 1 fully saturated rings. The second-order valence-electron chi connectivity index (χ2n) is 7.63. The molecule has 0 spiro atoms. The van der Waals surface area contributed by atoms with Gasteiger partial charge in [-0.25, -0.2) is 0 Å². The van der Waals surface area contributed by atoms with E-state index in [9.17, 15) is 14.4 Å². The Labute approximate surface area is 185 Å². The summed E-state index contributed by atoms with van der Waals surface area (Å²) in [6.45, 7) is 4.10. The number of ether oxygens (including phenoxy) is 2. The molecule has 7 nitrogen and oxygen atoms in total. The van der Waals surface area contributed by atoms with Crippen LogP contribution in [-0.4, -0.2) is 40.6 Å². The number of benzene rings is 1. The standard InChI is InChI=1S/C23H26N2O5S/c1-4-15-7-10-19(24-13-15)17(11-20(26)29-3)14-30-18-8-5-16(6-9-18)12-23(2)21(27)25-22(28)31-23/h5-10,13,17H,4,11-12,14H2,1-3H3,(H,25,27,28)/t17-,23?/m1/s1. The van der Waals surface area contributed by atoms with Crippen LogP contribution in [0.5, 0.6) is 5.75 Å². The first-order valence-corrected chi connectivity index (χ1v) is 10.9. The lowest BCUT2D eigenvalue weighted by molar-refractivity contribution is -0.141. The number of hydrogen-bond donors (Lipinski definition) is 1. The van der Waals surface area contributed by atoms with E-state index in [0.717, 1.165) is 35.0 Å². The zero-order chi connectivity index (χ0) is 22.4. The predicted molar refractivity (Wildman–Crippen MR) is 118 cm³/mol. The van der Waals surface area contributed by atoms with E-state index in [4.69, 9.17) is 9.47 Å². The number of methoxy groups -OCH3 is 1. The molecule has 0 saturated carbocycles. The van der Waals surface area contributed by atoms with Gasteiger partial charge in [0.2, 0.25) is 5.91 Å². The van der Waals surface area contributed by atoms with Gasteiger partial charge in [0.1, 0.15) is 10.5 Å². The minimum Gasteiger partial charge on any atom is -0.493 e. The average Bonchev–Trinajstić information content (AvgIpc) is 3.02. The summed E-state index contributed by atoms with van der Waals surface area (Å²) >= 11 is 1.02. The molecule has 0 radical (unpaired) electrons. The summed E-state index contributed by atoms with van der Waals surface area (Å²) in [5.41, 5.74) is 2.83. The van der Waals surface area contributed by atoms with Gasteiger partial charge in [-0.05, 0) is 60.9 Å². The number of nitrogens with one attached hydrogen (secondary N) is 1. The third kappa shape index (κ3) is 5.85. The fraction of sp³-hybridized carbons (Fsp3) is 0.391. The Bertz CT molecular complexity index is 945. The number of esters is 1. The molecule has 164 valence electrons. The van der Waals surface area contributed by atoms with Gasteiger partial charge in [0.15, 0.2) is 0 Å². The van der Waals surface area contributed by atoms with Crippen LogP contribution in [0.25, 0.3) is 0 Å². The van der Waals surface area contributed by atoms with E-state index >= 15 is 0 Å². The summed E-state index contributed by atoms with van der Waals surface area (Å²) in [6.07, 6.45) is 3.32. The molecule has 1 aliphatic heterocycles. The molecule has 0 aliphatic carbocycles. The number of amides is 2.